The van der Waals surface area contributed by atoms with Gasteiger partial charge in [0.1, 0.15) is 0 Å². The van der Waals surface area contributed by atoms with Gasteiger partial charge in [-0.3, -0.25) is 19.7 Å². The molecule has 2 aromatic heterocycles. The van der Waals surface area contributed by atoms with Crippen molar-refractivity contribution in [3.05, 3.63) is 66.0 Å². The predicted octanol–water partition coefficient (Wildman–Crippen LogP) is 4.38. The maximum Gasteiger partial charge on any atom is 0.259 e. The zero-order valence-corrected chi connectivity index (χ0v) is 21.4. The zero-order chi connectivity index (χ0) is 26.1. The molecule has 0 fully saturated rings. The van der Waals surface area contributed by atoms with Crippen molar-refractivity contribution < 1.29 is 14.4 Å². The number of para-hydroxylation sites is 1. The number of fused-ring (bicyclic) bond motifs is 2. The Labute approximate surface area is 215 Å². The summed E-state index contributed by atoms with van der Waals surface area (Å²) in [6.07, 6.45) is 4.69. The average Bonchev–Trinajstić information content (AvgIpc) is 3.54. The van der Waals surface area contributed by atoms with Crippen LogP contribution in [0.3, 0.4) is 0 Å². The van der Waals surface area contributed by atoms with Gasteiger partial charge in [0.25, 0.3) is 11.8 Å². The number of hydrogen-bond acceptors (Lipinski definition) is 4. The molecule has 37 heavy (non-hydrogen) atoms. The zero-order valence-electron chi connectivity index (χ0n) is 21.4. The van der Waals surface area contributed by atoms with Gasteiger partial charge in [-0.2, -0.15) is 0 Å². The normalized spacial score (nSPS) is 13.8. The van der Waals surface area contributed by atoms with Crippen molar-refractivity contribution in [3.8, 4) is 0 Å². The molecule has 190 valence electrons. The van der Waals surface area contributed by atoms with Crippen LogP contribution in [0.2, 0.25) is 0 Å². The number of nitrogens with zero attached hydrogens (tertiary/aromatic N) is 2. The van der Waals surface area contributed by atoms with Crippen LogP contribution in [0.25, 0.3) is 33.0 Å². The number of imide groups is 1. The van der Waals surface area contributed by atoms with Crippen molar-refractivity contribution in [3.63, 3.8) is 0 Å². The maximum atomic E-state index is 13.2. The number of amides is 3. The summed E-state index contributed by atoms with van der Waals surface area (Å²) < 4.78 is 2.14. The molecule has 0 spiro atoms. The number of H-pyrrole nitrogens is 1. The molecule has 4 aromatic rings. The molecule has 1 aliphatic heterocycles. The molecule has 0 saturated heterocycles. The van der Waals surface area contributed by atoms with Crippen LogP contribution in [-0.4, -0.2) is 51.8 Å². The highest BCUT2D eigenvalue weighted by molar-refractivity contribution is 6.50. The molecule has 8 nitrogen and oxygen atoms in total. The fourth-order valence-corrected chi connectivity index (χ4v) is 5.21. The molecule has 3 N–H and O–H groups in total. The van der Waals surface area contributed by atoms with E-state index in [0.29, 0.717) is 28.0 Å². The summed E-state index contributed by atoms with van der Waals surface area (Å²) in [7, 11) is 0. The van der Waals surface area contributed by atoms with E-state index in [4.69, 9.17) is 0 Å². The first-order chi connectivity index (χ1) is 17.9. The SMILES string of the molecule is CCN(CC)CCCn1cc(C2=C(c3c[nH]c4ccccc34)C(=O)NC2=O)c2cc(NC(C)=O)ccc21. The van der Waals surface area contributed by atoms with Crippen molar-refractivity contribution in [2.24, 2.45) is 0 Å². The largest absolute Gasteiger partial charge is 0.361 e. The van der Waals surface area contributed by atoms with Crippen molar-refractivity contribution in [2.45, 2.75) is 33.7 Å². The lowest BCUT2D eigenvalue weighted by atomic mass is 9.95. The highest BCUT2D eigenvalue weighted by Gasteiger charge is 2.35. The highest BCUT2D eigenvalue weighted by atomic mass is 16.2. The van der Waals surface area contributed by atoms with Gasteiger partial charge in [-0.25, -0.2) is 0 Å². The van der Waals surface area contributed by atoms with Crippen LogP contribution in [0, 0.1) is 0 Å². The van der Waals surface area contributed by atoms with Gasteiger partial charge in [-0.05, 0) is 50.3 Å². The molecule has 0 saturated carbocycles. The molecule has 8 heteroatoms. The first-order valence-corrected chi connectivity index (χ1v) is 12.7. The Morgan fingerprint density at radius 1 is 0.973 bits per heavy atom. The summed E-state index contributed by atoms with van der Waals surface area (Å²) >= 11 is 0. The molecular formula is C29H31N5O3. The fraction of sp³-hybridized carbons (Fsp3) is 0.276. The number of nitrogens with one attached hydrogen (secondary N) is 3. The van der Waals surface area contributed by atoms with Gasteiger partial charge in [-0.15, -0.1) is 0 Å². The molecule has 0 radical (unpaired) electrons. The van der Waals surface area contributed by atoms with E-state index in [-0.39, 0.29) is 5.91 Å². The molecule has 0 bridgehead atoms. The standard InChI is InChI=1S/C29H31N5O3/c1-4-33(5-2)13-8-14-34-17-23(21-15-19(31-18(3)35)11-12-25(21)34)27-26(28(36)32-29(27)37)22-16-30-24-10-7-6-9-20(22)24/h6-7,9-12,15-17,30H,4-5,8,13-14H2,1-3H3,(H,31,35)(H,32,36,37). The van der Waals surface area contributed by atoms with E-state index >= 15 is 0 Å². The summed E-state index contributed by atoms with van der Waals surface area (Å²) in [6.45, 7) is 9.50. The van der Waals surface area contributed by atoms with Crippen LogP contribution < -0.4 is 10.6 Å². The third-order valence-electron chi connectivity index (χ3n) is 7.03. The number of benzene rings is 2. The van der Waals surface area contributed by atoms with Gasteiger partial charge in [0.2, 0.25) is 5.91 Å². The number of rotatable bonds is 9. The summed E-state index contributed by atoms with van der Waals surface area (Å²) in [4.78, 5) is 43.7. The van der Waals surface area contributed by atoms with Gasteiger partial charge in [0.15, 0.2) is 0 Å². The molecule has 3 heterocycles. The first-order valence-electron chi connectivity index (χ1n) is 12.7. The van der Waals surface area contributed by atoms with E-state index in [1.54, 1.807) is 6.20 Å². The number of aromatic amines is 1. The van der Waals surface area contributed by atoms with Crippen LogP contribution in [0.1, 0.15) is 38.3 Å². The monoisotopic (exact) mass is 497 g/mol. The minimum absolute atomic E-state index is 0.174. The Morgan fingerprint density at radius 3 is 2.43 bits per heavy atom. The Kier molecular flexibility index (Phi) is 6.67. The van der Waals surface area contributed by atoms with Crippen LogP contribution >= 0.6 is 0 Å². The lowest BCUT2D eigenvalue weighted by Crippen LogP contribution is -2.24. The number of hydrogen-bond donors (Lipinski definition) is 3. The maximum absolute atomic E-state index is 13.2. The smallest absolute Gasteiger partial charge is 0.259 e. The van der Waals surface area contributed by atoms with Gasteiger partial charge < -0.3 is 19.8 Å². The number of carbonyl (C=O) groups is 3. The van der Waals surface area contributed by atoms with E-state index < -0.39 is 11.8 Å². The third-order valence-corrected chi connectivity index (χ3v) is 7.03. The molecule has 5 rings (SSSR count). The number of anilines is 1. The van der Waals surface area contributed by atoms with Crippen LogP contribution in [0.5, 0.6) is 0 Å². The van der Waals surface area contributed by atoms with E-state index in [1.807, 2.05) is 48.7 Å². The van der Waals surface area contributed by atoms with E-state index in [2.05, 4.69) is 38.9 Å². The summed E-state index contributed by atoms with van der Waals surface area (Å²) in [5.74, 6) is -1.00. The quantitative estimate of drug-likeness (QED) is 0.299. The third kappa shape index (κ3) is 4.56. The van der Waals surface area contributed by atoms with Crippen molar-refractivity contribution >= 4 is 56.4 Å². The fourth-order valence-electron chi connectivity index (χ4n) is 5.21. The molecule has 2 aromatic carbocycles. The van der Waals surface area contributed by atoms with E-state index in [0.717, 1.165) is 54.4 Å². The molecule has 0 atom stereocenters. The molecule has 1 aliphatic rings. The number of aromatic nitrogens is 2. The second-order valence-electron chi connectivity index (χ2n) is 9.31. The minimum atomic E-state index is -0.419. The van der Waals surface area contributed by atoms with Crippen molar-refractivity contribution in [1.82, 2.24) is 19.8 Å². The van der Waals surface area contributed by atoms with Crippen molar-refractivity contribution in [2.75, 3.05) is 25.0 Å². The number of carbonyl (C=O) groups excluding carboxylic acids is 3. The Morgan fingerprint density at radius 2 is 1.70 bits per heavy atom. The summed E-state index contributed by atoms with van der Waals surface area (Å²) in [5.41, 5.74) is 4.55. The van der Waals surface area contributed by atoms with Gasteiger partial charge in [0.05, 0.1) is 11.1 Å². The molecule has 0 aliphatic carbocycles. The summed E-state index contributed by atoms with van der Waals surface area (Å²) in [6, 6.07) is 13.4. The van der Waals surface area contributed by atoms with E-state index in [1.165, 1.54) is 6.92 Å². The predicted molar refractivity (Wildman–Crippen MR) is 147 cm³/mol. The minimum Gasteiger partial charge on any atom is -0.361 e. The van der Waals surface area contributed by atoms with Crippen molar-refractivity contribution in [1.29, 1.82) is 0 Å². The lowest BCUT2D eigenvalue weighted by molar-refractivity contribution is -0.123. The summed E-state index contributed by atoms with van der Waals surface area (Å²) in [5, 5.41) is 7.04. The van der Waals surface area contributed by atoms with Crippen LogP contribution in [0.15, 0.2) is 54.9 Å². The van der Waals surface area contributed by atoms with Gasteiger partial charge in [0, 0.05) is 64.5 Å². The first kappa shape index (κ1) is 24.5. The molecule has 3 amide bonds. The molecular weight excluding hydrogens is 466 g/mol. The Bertz CT molecular complexity index is 1550. The highest BCUT2D eigenvalue weighted by Crippen LogP contribution is 2.39. The average molecular weight is 498 g/mol. The van der Waals surface area contributed by atoms with Gasteiger partial charge >= 0.3 is 0 Å². The Hall–Kier alpha value is -4.17. The second-order valence-corrected chi connectivity index (χ2v) is 9.31. The van der Waals surface area contributed by atoms with Gasteiger partial charge in [-0.1, -0.05) is 32.0 Å². The van der Waals surface area contributed by atoms with Crippen LogP contribution in [-0.2, 0) is 20.9 Å². The second kappa shape index (κ2) is 10.1. The molecule has 0 unspecified atom stereocenters. The topological polar surface area (TPSA) is 99.2 Å². The van der Waals surface area contributed by atoms with E-state index in [9.17, 15) is 14.4 Å². The lowest BCUT2D eigenvalue weighted by Gasteiger charge is -2.18. The van der Waals surface area contributed by atoms with Crippen LogP contribution in [0.4, 0.5) is 5.69 Å². The number of aryl methyl sites for hydroxylation is 1. The Balaban J connectivity index is 1.67.